The predicted molar refractivity (Wildman–Crippen MR) is 85.4 cm³/mol. The Labute approximate surface area is 123 Å². The fourth-order valence-electron chi connectivity index (χ4n) is 2.11. The number of nitrogens with one attached hydrogen (secondary N) is 1. The van der Waals surface area contributed by atoms with E-state index in [-0.39, 0.29) is 6.04 Å². The molecule has 2 heterocycles. The maximum absolute atomic E-state index is 4.83. The summed E-state index contributed by atoms with van der Waals surface area (Å²) in [6.07, 6.45) is 2.16. The van der Waals surface area contributed by atoms with Crippen LogP contribution in [0.4, 0.5) is 0 Å². The molecule has 0 radical (unpaired) electrons. The summed E-state index contributed by atoms with van der Waals surface area (Å²) in [7, 11) is 0. The van der Waals surface area contributed by atoms with Gasteiger partial charge in [-0.05, 0) is 45.4 Å². The van der Waals surface area contributed by atoms with Gasteiger partial charge in [-0.1, -0.05) is 13.8 Å². The minimum atomic E-state index is 0.266. The second kappa shape index (κ2) is 6.64. The van der Waals surface area contributed by atoms with Crippen molar-refractivity contribution in [1.82, 2.24) is 10.3 Å². The molecule has 1 N–H and O–H groups in total. The first-order chi connectivity index (χ1) is 9.15. The Bertz CT molecular complexity index is 528. The lowest BCUT2D eigenvalue weighted by Gasteiger charge is -2.14. The zero-order valence-electron chi connectivity index (χ0n) is 12.1. The van der Waals surface area contributed by atoms with E-state index in [1.807, 2.05) is 22.7 Å². The Morgan fingerprint density at radius 3 is 2.53 bits per heavy atom. The Hall–Kier alpha value is -0.710. The third kappa shape index (κ3) is 3.44. The van der Waals surface area contributed by atoms with Crippen LogP contribution in [0.25, 0.3) is 0 Å². The van der Waals surface area contributed by atoms with Crippen molar-refractivity contribution in [1.29, 1.82) is 0 Å². The van der Waals surface area contributed by atoms with Crippen LogP contribution in [0.5, 0.6) is 0 Å². The summed E-state index contributed by atoms with van der Waals surface area (Å²) in [5.41, 5.74) is 1.25. The van der Waals surface area contributed by atoms with E-state index >= 15 is 0 Å². The van der Waals surface area contributed by atoms with Gasteiger partial charge in [0.15, 0.2) is 0 Å². The highest BCUT2D eigenvalue weighted by atomic mass is 32.1. The SMILES string of the molecule is CCCNC(c1ccc(C)s1)c1nc(CC)c(C)s1. The number of aryl methyl sites for hydroxylation is 3. The molecule has 0 fully saturated rings. The van der Waals surface area contributed by atoms with Crippen molar-refractivity contribution >= 4 is 22.7 Å². The van der Waals surface area contributed by atoms with Crippen molar-refractivity contribution in [3.63, 3.8) is 0 Å². The second-order valence-corrected chi connectivity index (χ2v) is 7.30. The fourth-order valence-corrected chi connectivity index (χ4v) is 4.25. The molecule has 2 rings (SSSR count). The zero-order chi connectivity index (χ0) is 13.8. The predicted octanol–water partition coefficient (Wildman–Crippen LogP) is 4.47. The van der Waals surface area contributed by atoms with Gasteiger partial charge in [0.2, 0.25) is 0 Å². The van der Waals surface area contributed by atoms with Crippen molar-refractivity contribution in [3.05, 3.63) is 37.5 Å². The van der Waals surface area contributed by atoms with E-state index in [0.717, 1.165) is 19.4 Å². The average molecular weight is 294 g/mol. The molecule has 0 saturated heterocycles. The van der Waals surface area contributed by atoms with Crippen LogP contribution in [0.15, 0.2) is 12.1 Å². The van der Waals surface area contributed by atoms with E-state index in [4.69, 9.17) is 4.98 Å². The summed E-state index contributed by atoms with van der Waals surface area (Å²) in [5.74, 6) is 0. The first kappa shape index (κ1) is 14.7. The molecule has 2 aromatic rings. The van der Waals surface area contributed by atoms with E-state index < -0.39 is 0 Å². The van der Waals surface area contributed by atoms with Gasteiger partial charge in [0.25, 0.3) is 0 Å². The highest BCUT2D eigenvalue weighted by Gasteiger charge is 2.20. The van der Waals surface area contributed by atoms with E-state index in [1.54, 1.807) is 0 Å². The van der Waals surface area contributed by atoms with Gasteiger partial charge < -0.3 is 5.32 Å². The van der Waals surface area contributed by atoms with Crippen LogP contribution in [0, 0.1) is 13.8 Å². The van der Waals surface area contributed by atoms with E-state index in [2.05, 4.69) is 45.1 Å². The summed E-state index contributed by atoms with van der Waals surface area (Å²) < 4.78 is 0. The summed E-state index contributed by atoms with van der Waals surface area (Å²) in [5, 5.41) is 4.85. The van der Waals surface area contributed by atoms with Crippen molar-refractivity contribution in [2.24, 2.45) is 0 Å². The van der Waals surface area contributed by atoms with Gasteiger partial charge in [0.05, 0.1) is 11.7 Å². The number of aromatic nitrogens is 1. The molecule has 1 unspecified atom stereocenters. The molecule has 0 amide bonds. The molecule has 19 heavy (non-hydrogen) atoms. The Kier molecular flexibility index (Phi) is 5.13. The highest BCUT2D eigenvalue weighted by molar-refractivity contribution is 7.13. The number of rotatable bonds is 6. The van der Waals surface area contributed by atoms with Gasteiger partial charge in [-0.15, -0.1) is 22.7 Å². The number of hydrogen-bond acceptors (Lipinski definition) is 4. The number of thiazole rings is 1. The monoisotopic (exact) mass is 294 g/mol. The van der Waals surface area contributed by atoms with Crippen molar-refractivity contribution < 1.29 is 0 Å². The molecular formula is C15H22N2S2. The van der Waals surface area contributed by atoms with E-state index in [9.17, 15) is 0 Å². The second-order valence-electron chi connectivity index (χ2n) is 4.74. The summed E-state index contributed by atoms with van der Waals surface area (Å²) in [4.78, 5) is 8.93. The topological polar surface area (TPSA) is 24.9 Å². The highest BCUT2D eigenvalue weighted by Crippen LogP contribution is 2.32. The van der Waals surface area contributed by atoms with Crippen molar-refractivity contribution in [2.45, 2.75) is 46.6 Å². The minimum absolute atomic E-state index is 0.266. The molecule has 0 aliphatic heterocycles. The number of hydrogen-bond donors (Lipinski definition) is 1. The summed E-state index contributed by atoms with van der Waals surface area (Å²) >= 11 is 3.70. The normalized spacial score (nSPS) is 12.8. The van der Waals surface area contributed by atoms with Crippen LogP contribution in [0.3, 0.4) is 0 Å². The number of thiophene rings is 1. The van der Waals surface area contributed by atoms with Gasteiger partial charge >= 0.3 is 0 Å². The molecule has 1 atom stereocenters. The molecular weight excluding hydrogens is 272 g/mol. The number of nitrogens with zero attached hydrogens (tertiary/aromatic N) is 1. The molecule has 4 heteroatoms. The molecule has 2 nitrogen and oxygen atoms in total. The summed E-state index contributed by atoms with van der Waals surface area (Å²) in [6, 6.07) is 4.69. The molecule has 2 aromatic heterocycles. The zero-order valence-corrected chi connectivity index (χ0v) is 13.8. The molecule has 0 aliphatic carbocycles. The Morgan fingerprint density at radius 2 is 2.00 bits per heavy atom. The van der Waals surface area contributed by atoms with Crippen LogP contribution in [-0.2, 0) is 6.42 Å². The third-order valence-electron chi connectivity index (χ3n) is 3.14. The Balaban J connectivity index is 2.30. The smallest absolute Gasteiger partial charge is 0.115 e. The fraction of sp³-hybridized carbons (Fsp3) is 0.533. The average Bonchev–Trinajstić information content (AvgIpc) is 2.97. The van der Waals surface area contributed by atoms with Crippen LogP contribution in [0.2, 0.25) is 0 Å². The molecule has 0 bridgehead atoms. The minimum Gasteiger partial charge on any atom is -0.304 e. The molecule has 104 valence electrons. The van der Waals surface area contributed by atoms with E-state index in [0.29, 0.717) is 0 Å². The standard InChI is InChI=1S/C15H22N2S2/c1-5-9-16-14(13-8-7-10(3)18-13)15-17-12(6-2)11(4)19-15/h7-8,14,16H,5-6,9H2,1-4H3. The van der Waals surface area contributed by atoms with Crippen molar-refractivity contribution in [2.75, 3.05) is 6.54 Å². The van der Waals surface area contributed by atoms with E-state index in [1.165, 1.54) is 25.3 Å². The first-order valence-corrected chi connectivity index (χ1v) is 8.54. The lowest BCUT2D eigenvalue weighted by molar-refractivity contribution is 0.602. The van der Waals surface area contributed by atoms with Gasteiger partial charge in [-0.3, -0.25) is 0 Å². The summed E-state index contributed by atoms with van der Waals surface area (Å²) in [6.45, 7) is 9.75. The van der Waals surface area contributed by atoms with Gasteiger partial charge in [-0.2, -0.15) is 0 Å². The molecule has 0 spiro atoms. The van der Waals surface area contributed by atoms with Crippen LogP contribution in [0.1, 0.15) is 51.6 Å². The molecule has 0 aromatic carbocycles. The Morgan fingerprint density at radius 1 is 1.21 bits per heavy atom. The first-order valence-electron chi connectivity index (χ1n) is 6.91. The maximum atomic E-state index is 4.83. The van der Waals surface area contributed by atoms with Gasteiger partial charge in [-0.25, -0.2) is 4.98 Å². The molecule has 0 aliphatic rings. The largest absolute Gasteiger partial charge is 0.304 e. The molecule has 0 saturated carbocycles. The van der Waals surface area contributed by atoms with Crippen LogP contribution >= 0.6 is 22.7 Å². The lowest BCUT2D eigenvalue weighted by atomic mass is 10.2. The maximum Gasteiger partial charge on any atom is 0.115 e. The van der Waals surface area contributed by atoms with Crippen molar-refractivity contribution in [3.8, 4) is 0 Å². The third-order valence-corrected chi connectivity index (χ3v) is 5.28. The van der Waals surface area contributed by atoms with Crippen LogP contribution in [-0.4, -0.2) is 11.5 Å². The lowest BCUT2D eigenvalue weighted by Crippen LogP contribution is -2.22. The van der Waals surface area contributed by atoms with Crippen LogP contribution < -0.4 is 5.32 Å². The van der Waals surface area contributed by atoms with Gasteiger partial charge in [0, 0.05) is 14.6 Å². The quantitative estimate of drug-likeness (QED) is 0.850. The van der Waals surface area contributed by atoms with Gasteiger partial charge in [0.1, 0.15) is 5.01 Å².